The highest BCUT2D eigenvalue weighted by atomic mass is 32.2. The van der Waals surface area contributed by atoms with E-state index in [9.17, 15) is 54.6 Å². The van der Waals surface area contributed by atoms with Crippen LogP contribution in [0.2, 0.25) is 0 Å². The normalized spacial score (nSPS) is 40.0. The molecular formula is C42H66N6O17S2. The maximum Gasteiger partial charge on any atom is 0.344 e. The number of aliphatic hydroxyl groups excluding tert-OH is 5. The van der Waals surface area contributed by atoms with Crippen LogP contribution in [0.15, 0.2) is 11.7 Å². The van der Waals surface area contributed by atoms with Crippen LogP contribution in [-0.2, 0) is 33.4 Å². The SMILES string of the molecule is CC(=O)NC1(C)C(C)(C2CCOC2(C)C(=O)Oc2scc3[nH]cnc23)OC(C)(CO)C(C)(O)C1(C)O.CC(=O)N[C@@H]1[C@H](O)[C@H](O)[C@H](CO)O[C@H]1O.O=C(O)CCCC[C@@H]1SC[C@@H]2NC(=O)N[C@@H]21. The van der Waals surface area contributed by atoms with Crippen LogP contribution in [-0.4, -0.2) is 188 Å². The zero-order valence-electron chi connectivity index (χ0n) is 38.7. The van der Waals surface area contributed by atoms with E-state index in [4.69, 9.17) is 29.2 Å². The molecule has 5 saturated heterocycles. The van der Waals surface area contributed by atoms with Crippen LogP contribution < -0.4 is 26.0 Å². The van der Waals surface area contributed by atoms with Crippen molar-refractivity contribution in [2.24, 2.45) is 5.92 Å². The summed E-state index contributed by atoms with van der Waals surface area (Å²) in [6, 6.07) is -0.657. The fraction of sp³-hybridized carbons (Fsp3) is 0.762. The number of carbonyl (C=O) groups is 5. The van der Waals surface area contributed by atoms with E-state index < -0.39 is 107 Å². The topological polar surface area (TPSA) is 361 Å². The van der Waals surface area contributed by atoms with Gasteiger partial charge in [0.05, 0.1) is 48.3 Å². The summed E-state index contributed by atoms with van der Waals surface area (Å²) in [5, 5.41) is 92.8. The Balaban J connectivity index is 0.000000222. The summed E-state index contributed by atoms with van der Waals surface area (Å²) in [5.41, 5.74) is -9.17. The number of amides is 4. The van der Waals surface area contributed by atoms with Gasteiger partial charge in [-0.2, -0.15) is 11.8 Å². The maximum atomic E-state index is 13.7. The lowest BCUT2D eigenvalue weighted by Crippen LogP contribution is -2.89. The minimum absolute atomic E-state index is 0.0640. The molecule has 5 aliphatic heterocycles. The Kier molecular flexibility index (Phi) is 16.7. The number of ether oxygens (including phenoxy) is 4. The molecule has 0 spiro atoms. The first-order valence-electron chi connectivity index (χ1n) is 21.9. The molecule has 2 aromatic rings. The molecule has 15 atom stereocenters. The van der Waals surface area contributed by atoms with Crippen molar-refractivity contribution in [3.63, 3.8) is 0 Å². The molecule has 0 bridgehead atoms. The molecule has 2 aromatic heterocycles. The molecule has 0 saturated carbocycles. The van der Waals surface area contributed by atoms with Gasteiger partial charge in [-0.3, -0.25) is 14.4 Å². The van der Waals surface area contributed by atoms with Crippen LogP contribution in [0.4, 0.5) is 4.79 Å². The van der Waals surface area contributed by atoms with Crippen molar-refractivity contribution >= 4 is 63.9 Å². The Bertz CT molecular complexity index is 2110. The van der Waals surface area contributed by atoms with Gasteiger partial charge in [-0.1, -0.05) is 6.42 Å². The van der Waals surface area contributed by atoms with E-state index >= 15 is 0 Å². The Morgan fingerprint density at radius 1 is 0.970 bits per heavy atom. The molecule has 25 heteroatoms. The van der Waals surface area contributed by atoms with Crippen molar-refractivity contribution in [2.75, 3.05) is 25.6 Å². The van der Waals surface area contributed by atoms with Crippen molar-refractivity contribution in [3.8, 4) is 5.06 Å². The van der Waals surface area contributed by atoms with E-state index in [2.05, 4.69) is 31.2 Å². The Labute approximate surface area is 395 Å². The first-order chi connectivity index (χ1) is 31.1. The van der Waals surface area contributed by atoms with Crippen LogP contribution >= 0.6 is 23.1 Å². The molecule has 378 valence electrons. The minimum atomic E-state index is -2.03. The number of H-pyrrole nitrogens is 1. The largest absolute Gasteiger partial charge is 0.481 e. The number of aliphatic carboxylic acids is 1. The lowest BCUT2D eigenvalue weighted by Gasteiger charge is -2.69. The van der Waals surface area contributed by atoms with Crippen LogP contribution in [0.1, 0.15) is 87.5 Å². The fourth-order valence-electron chi connectivity index (χ4n) is 9.86. The number of aromatic nitrogens is 2. The van der Waals surface area contributed by atoms with E-state index in [1.165, 1.54) is 52.3 Å². The molecule has 5 fully saturated rings. The van der Waals surface area contributed by atoms with Gasteiger partial charge in [-0.25, -0.2) is 14.6 Å². The number of aliphatic hydroxyl groups is 7. The van der Waals surface area contributed by atoms with Gasteiger partial charge in [-0.05, 0) is 60.8 Å². The van der Waals surface area contributed by atoms with E-state index in [0.29, 0.717) is 22.3 Å². The second-order valence-corrected chi connectivity index (χ2v) is 20.8. The predicted octanol–water partition coefficient (Wildman–Crippen LogP) is -1.02. The maximum absolute atomic E-state index is 13.7. The monoisotopic (exact) mass is 990 g/mol. The molecule has 23 nitrogen and oxygen atoms in total. The van der Waals surface area contributed by atoms with E-state index in [0.717, 1.165) is 30.5 Å². The van der Waals surface area contributed by atoms with Gasteiger partial charge in [0, 0.05) is 49.2 Å². The number of urea groups is 1. The number of nitrogens with zero attached hydrogens (tertiary/aromatic N) is 1. The number of carboxylic acids is 1. The van der Waals surface area contributed by atoms with Gasteiger partial charge in [-0.15, -0.1) is 11.3 Å². The van der Waals surface area contributed by atoms with Crippen molar-refractivity contribution in [3.05, 3.63) is 11.7 Å². The second kappa shape index (κ2) is 20.7. The molecule has 13 N–H and O–H groups in total. The number of hydrogen-bond acceptors (Lipinski definition) is 19. The van der Waals surface area contributed by atoms with Crippen molar-refractivity contribution in [2.45, 2.75) is 169 Å². The van der Waals surface area contributed by atoms with Gasteiger partial charge >= 0.3 is 18.0 Å². The number of imidazole rings is 1. The number of fused-ring (bicyclic) bond motifs is 2. The Hall–Kier alpha value is -3.73. The number of aromatic amines is 1. The summed E-state index contributed by atoms with van der Waals surface area (Å²) in [7, 11) is 0. The highest BCUT2D eigenvalue weighted by Gasteiger charge is 2.78. The summed E-state index contributed by atoms with van der Waals surface area (Å²) < 4.78 is 23.1. The quantitative estimate of drug-likeness (QED) is 0.0688. The molecule has 7 rings (SSSR count). The van der Waals surface area contributed by atoms with Crippen LogP contribution in [0, 0.1) is 5.92 Å². The number of rotatable bonds is 12. The molecule has 0 aromatic carbocycles. The van der Waals surface area contributed by atoms with Crippen LogP contribution in [0.5, 0.6) is 5.06 Å². The third kappa shape index (κ3) is 10.3. The second-order valence-electron chi connectivity index (χ2n) is 18.6. The summed E-state index contributed by atoms with van der Waals surface area (Å²) >= 11 is 3.09. The fourth-order valence-corrected chi connectivity index (χ4v) is 12.2. The van der Waals surface area contributed by atoms with Crippen LogP contribution in [0.3, 0.4) is 0 Å². The van der Waals surface area contributed by atoms with E-state index in [1.807, 2.05) is 11.8 Å². The van der Waals surface area contributed by atoms with Gasteiger partial charge < -0.3 is 86.1 Å². The highest BCUT2D eigenvalue weighted by Crippen LogP contribution is 2.59. The van der Waals surface area contributed by atoms with Gasteiger partial charge in [0.25, 0.3) is 0 Å². The molecule has 5 aliphatic rings. The zero-order valence-corrected chi connectivity index (χ0v) is 40.4. The lowest BCUT2D eigenvalue weighted by molar-refractivity contribution is -0.381. The van der Waals surface area contributed by atoms with Gasteiger partial charge in [0.1, 0.15) is 46.7 Å². The van der Waals surface area contributed by atoms with E-state index in [1.54, 1.807) is 26.2 Å². The van der Waals surface area contributed by atoms with E-state index in [-0.39, 0.29) is 31.1 Å². The molecule has 67 heavy (non-hydrogen) atoms. The number of thioether (sulfide) groups is 1. The Morgan fingerprint density at radius 2 is 1.66 bits per heavy atom. The van der Waals surface area contributed by atoms with Crippen molar-refractivity contribution < 1.29 is 83.8 Å². The summed E-state index contributed by atoms with van der Waals surface area (Å²) in [5.74, 6) is -2.15. The van der Waals surface area contributed by atoms with Gasteiger partial charge in [0.15, 0.2) is 11.9 Å². The molecule has 0 aliphatic carbocycles. The molecular weight excluding hydrogens is 925 g/mol. The zero-order chi connectivity index (χ0) is 50.1. The number of carbonyl (C=O) groups excluding carboxylic acids is 4. The number of unbranched alkanes of at least 4 members (excludes halogenated alkanes) is 1. The molecule has 4 amide bonds. The number of hydrogen-bond donors (Lipinski definition) is 13. The summed E-state index contributed by atoms with van der Waals surface area (Å²) in [6.07, 6.45) is -0.537. The minimum Gasteiger partial charge on any atom is -0.481 e. The van der Waals surface area contributed by atoms with Crippen molar-refractivity contribution in [1.29, 1.82) is 0 Å². The predicted molar refractivity (Wildman–Crippen MR) is 240 cm³/mol. The third-order valence-electron chi connectivity index (χ3n) is 14.3. The Morgan fingerprint density at radius 3 is 2.27 bits per heavy atom. The molecule has 0 radical (unpaired) electrons. The van der Waals surface area contributed by atoms with Crippen LogP contribution in [0.25, 0.3) is 11.0 Å². The first kappa shape index (κ1) is 54.2. The number of carboxylic acid groups (broad SMARTS) is 1. The average Bonchev–Trinajstić information content (AvgIpc) is 4.09. The number of thiophene rings is 1. The summed E-state index contributed by atoms with van der Waals surface area (Å²) in [6.45, 7) is 10.6. The van der Waals surface area contributed by atoms with Gasteiger partial charge in [0.2, 0.25) is 16.9 Å². The highest BCUT2D eigenvalue weighted by molar-refractivity contribution is 8.00. The smallest absolute Gasteiger partial charge is 0.344 e. The average molecular weight is 991 g/mol. The standard InChI is InChI=1S/C24H35N3O8S.C10H16N2O3S.C8H15NO6/c1-13(29)27-22(5)21(4,35-19(2,11-28)23(6,31)24(22,7)32)15-8-9-33-20(15,3)18(30)34-17-16-14(10-36-17)25-12-26-16;13-8(14)4-2-1-3-7-9-6(5-16-7)11-10(15)12-9;1-3(11)9-5-7(13)6(12)4(2-10)15-8(5)14/h10,12,15,28,31-32H,8-9,11H2,1-7H3,(H,25,26)(H,27,29);6-7,9H,1-5H2,(H,13,14)(H2,11,12,15);4-8,10,12-14H,2H2,1H3,(H,9,11)/t;6-,7-,9-;4-,5+,6+,7-,8+/m.00/s1. The number of esters is 1. The lowest BCUT2D eigenvalue weighted by atomic mass is 9.52. The third-order valence-corrected chi connectivity index (χ3v) is 16.7. The summed E-state index contributed by atoms with van der Waals surface area (Å²) in [4.78, 5) is 65.4. The van der Waals surface area contributed by atoms with Crippen molar-refractivity contribution in [1.82, 2.24) is 31.2 Å². The molecule has 7 heterocycles. The number of nitrogens with one attached hydrogen (secondary N) is 5. The first-order valence-corrected chi connectivity index (χ1v) is 23.9. The molecule has 7 unspecified atom stereocenters.